The average molecular weight is 488 g/mol. The van der Waals surface area contributed by atoms with Crippen molar-refractivity contribution in [1.82, 2.24) is 14.5 Å². The maximum absolute atomic E-state index is 6.60. The van der Waals surface area contributed by atoms with Gasteiger partial charge in [0, 0.05) is 33.4 Å². The van der Waals surface area contributed by atoms with E-state index in [-0.39, 0.29) is 0 Å². The molecule has 0 saturated carbocycles. The summed E-state index contributed by atoms with van der Waals surface area (Å²) in [6, 6.07) is 41.7. The van der Waals surface area contributed by atoms with Gasteiger partial charge < -0.3 is 4.42 Å². The Balaban J connectivity index is 1.43. The second kappa shape index (κ2) is 8.15. The summed E-state index contributed by atoms with van der Waals surface area (Å²) in [6.45, 7) is 0. The number of benzene rings is 5. The van der Waals surface area contributed by atoms with Gasteiger partial charge >= 0.3 is 0 Å². The highest BCUT2D eigenvalue weighted by Crippen LogP contribution is 2.39. The van der Waals surface area contributed by atoms with Crippen molar-refractivity contribution in [3.63, 3.8) is 0 Å². The summed E-state index contributed by atoms with van der Waals surface area (Å²) in [7, 11) is 0. The molecule has 0 radical (unpaired) electrons. The fourth-order valence-electron chi connectivity index (χ4n) is 5.45. The lowest BCUT2D eigenvalue weighted by molar-refractivity contribution is 0.669. The number of para-hydroxylation sites is 2. The molecule has 4 heteroatoms. The molecule has 3 heterocycles. The van der Waals surface area contributed by atoms with Crippen LogP contribution in [-0.4, -0.2) is 14.5 Å². The number of imidazole rings is 1. The van der Waals surface area contributed by atoms with Crippen LogP contribution in [0.1, 0.15) is 0 Å². The zero-order valence-corrected chi connectivity index (χ0v) is 20.4. The van der Waals surface area contributed by atoms with E-state index in [1.54, 1.807) is 0 Å². The molecule has 0 aliphatic rings. The molecule has 0 bridgehead atoms. The molecule has 0 atom stereocenters. The highest BCUT2D eigenvalue weighted by Gasteiger charge is 2.21. The van der Waals surface area contributed by atoms with Crippen molar-refractivity contribution in [3.8, 4) is 28.2 Å². The molecule has 178 valence electrons. The number of rotatable bonds is 3. The molecule has 8 rings (SSSR count). The van der Waals surface area contributed by atoms with Crippen LogP contribution in [0.5, 0.6) is 0 Å². The Hall–Kier alpha value is -5.22. The molecule has 0 spiro atoms. The number of aromatic nitrogens is 3. The maximum atomic E-state index is 6.60. The van der Waals surface area contributed by atoms with E-state index in [0.717, 1.165) is 66.5 Å². The van der Waals surface area contributed by atoms with Crippen LogP contribution >= 0.6 is 0 Å². The van der Waals surface area contributed by atoms with Crippen molar-refractivity contribution in [2.45, 2.75) is 0 Å². The number of furan rings is 1. The van der Waals surface area contributed by atoms with E-state index in [0.29, 0.717) is 0 Å². The summed E-state index contributed by atoms with van der Waals surface area (Å²) in [5.74, 6) is 0.808. The van der Waals surface area contributed by atoms with Gasteiger partial charge in [-0.3, -0.25) is 4.57 Å². The van der Waals surface area contributed by atoms with E-state index in [1.165, 1.54) is 5.56 Å². The minimum absolute atomic E-state index is 0.808. The molecule has 0 amide bonds. The minimum atomic E-state index is 0.808. The molecule has 0 fully saturated rings. The molecule has 0 unspecified atom stereocenters. The van der Waals surface area contributed by atoms with Crippen molar-refractivity contribution >= 4 is 43.9 Å². The van der Waals surface area contributed by atoms with Gasteiger partial charge in [0.05, 0.1) is 5.56 Å². The fourth-order valence-corrected chi connectivity index (χ4v) is 5.45. The highest BCUT2D eigenvalue weighted by molar-refractivity contribution is 6.11. The van der Waals surface area contributed by atoms with Gasteiger partial charge in [0.25, 0.3) is 0 Å². The zero-order valence-electron chi connectivity index (χ0n) is 20.4. The quantitative estimate of drug-likeness (QED) is 0.250. The first-order chi connectivity index (χ1) is 18.8. The average Bonchev–Trinajstić information content (AvgIpc) is 3.56. The van der Waals surface area contributed by atoms with Gasteiger partial charge in [-0.05, 0) is 41.5 Å². The van der Waals surface area contributed by atoms with Gasteiger partial charge in [0.15, 0.2) is 11.5 Å². The van der Waals surface area contributed by atoms with E-state index in [4.69, 9.17) is 14.4 Å². The molecular formula is C34H21N3O. The van der Waals surface area contributed by atoms with E-state index >= 15 is 0 Å². The van der Waals surface area contributed by atoms with Gasteiger partial charge in [-0.15, -0.1) is 0 Å². The van der Waals surface area contributed by atoms with Crippen LogP contribution in [0.2, 0.25) is 0 Å². The van der Waals surface area contributed by atoms with Crippen molar-refractivity contribution in [3.05, 3.63) is 128 Å². The van der Waals surface area contributed by atoms with Gasteiger partial charge in [0.1, 0.15) is 16.7 Å². The first kappa shape index (κ1) is 20.9. The Bertz CT molecular complexity index is 2120. The summed E-state index contributed by atoms with van der Waals surface area (Å²) in [6.07, 6.45) is 1.93. The van der Waals surface area contributed by atoms with Gasteiger partial charge in [-0.25, -0.2) is 9.97 Å². The zero-order chi connectivity index (χ0) is 25.1. The molecule has 4 nitrogen and oxygen atoms in total. The van der Waals surface area contributed by atoms with Crippen LogP contribution < -0.4 is 0 Å². The molecule has 0 aliphatic carbocycles. The van der Waals surface area contributed by atoms with Crippen LogP contribution in [0.15, 0.2) is 132 Å². The second-order valence-corrected chi connectivity index (χ2v) is 9.49. The third-order valence-corrected chi connectivity index (χ3v) is 7.26. The normalized spacial score (nSPS) is 11.7. The lowest BCUT2D eigenvalue weighted by atomic mass is 10.0. The van der Waals surface area contributed by atoms with Crippen molar-refractivity contribution in [2.75, 3.05) is 0 Å². The maximum Gasteiger partial charge on any atom is 0.165 e. The topological polar surface area (TPSA) is 43.9 Å². The Morgan fingerprint density at radius 3 is 2.24 bits per heavy atom. The monoisotopic (exact) mass is 487 g/mol. The second-order valence-electron chi connectivity index (χ2n) is 9.49. The van der Waals surface area contributed by atoms with Crippen LogP contribution in [0.25, 0.3) is 72.1 Å². The molecule has 0 N–H and O–H groups in total. The van der Waals surface area contributed by atoms with Crippen molar-refractivity contribution in [1.29, 1.82) is 0 Å². The largest absolute Gasteiger partial charge is 0.455 e. The number of hydrogen-bond acceptors (Lipinski definition) is 3. The minimum Gasteiger partial charge on any atom is -0.455 e. The SMILES string of the molecule is c1ccc(-c2ccc3c(c2)oc2c(-c4nc5c6ccccc6cnc5n4-c4ccccc4)cccc23)cc1. The Morgan fingerprint density at radius 1 is 0.605 bits per heavy atom. The van der Waals surface area contributed by atoms with E-state index < -0.39 is 0 Å². The van der Waals surface area contributed by atoms with E-state index in [9.17, 15) is 0 Å². The number of pyridine rings is 1. The summed E-state index contributed by atoms with van der Waals surface area (Å²) in [5, 5.41) is 4.31. The summed E-state index contributed by atoms with van der Waals surface area (Å²) in [5.41, 5.74) is 7.62. The van der Waals surface area contributed by atoms with E-state index in [1.807, 2.05) is 42.6 Å². The van der Waals surface area contributed by atoms with Crippen LogP contribution in [0.4, 0.5) is 0 Å². The third-order valence-electron chi connectivity index (χ3n) is 7.26. The van der Waals surface area contributed by atoms with Crippen molar-refractivity contribution < 1.29 is 4.42 Å². The number of hydrogen-bond donors (Lipinski definition) is 0. The van der Waals surface area contributed by atoms with E-state index in [2.05, 4.69) is 89.5 Å². The first-order valence-corrected chi connectivity index (χ1v) is 12.7. The van der Waals surface area contributed by atoms with Gasteiger partial charge in [-0.1, -0.05) is 91.0 Å². The Morgan fingerprint density at radius 2 is 1.37 bits per heavy atom. The summed E-state index contributed by atoms with van der Waals surface area (Å²) < 4.78 is 8.74. The lowest BCUT2D eigenvalue weighted by Crippen LogP contribution is -1.98. The summed E-state index contributed by atoms with van der Waals surface area (Å²) in [4.78, 5) is 10.1. The fraction of sp³-hybridized carbons (Fsp3) is 0. The van der Waals surface area contributed by atoms with Crippen LogP contribution in [0.3, 0.4) is 0 Å². The molecule has 0 aliphatic heterocycles. The Labute approximate surface area is 218 Å². The molecule has 0 saturated heterocycles. The van der Waals surface area contributed by atoms with Crippen LogP contribution in [0, 0.1) is 0 Å². The molecular weight excluding hydrogens is 466 g/mol. The smallest absolute Gasteiger partial charge is 0.165 e. The molecule has 5 aromatic carbocycles. The molecule has 8 aromatic rings. The third kappa shape index (κ3) is 3.10. The molecule has 38 heavy (non-hydrogen) atoms. The lowest BCUT2D eigenvalue weighted by Gasteiger charge is -2.09. The first-order valence-electron chi connectivity index (χ1n) is 12.7. The molecule has 3 aromatic heterocycles. The number of nitrogens with zero attached hydrogens (tertiary/aromatic N) is 3. The van der Waals surface area contributed by atoms with Gasteiger partial charge in [0.2, 0.25) is 0 Å². The van der Waals surface area contributed by atoms with Gasteiger partial charge in [-0.2, -0.15) is 0 Å². The standard InChI is InChI=1S/C34H21N3O/c1-3-10-22(11-4-1)23-18-19-27-28-16-9-17-29(32(28)38-30(27)20-23)33-36-31-26-15-8-7-12-24(26)21-35-34(31)37(33)25-13-5-2-6-14-25/h1-21H. The predicted octanol–water partition coefficient (Wildman–Crippen LogP) is 8.81. The van der Waals surface area contributed by atoms with Crippen molar-refractivity contribution in [2.24, 2.45) is 0 Å². The van der Waals surface area contributed by atoms with Crippen LogP contribution in [-0.2, 0) is 0 Å². The number of fused-ring (bicyclic) bond motifs is 6. The predicted molar refractivity (Wildman–Crippen MR) is 155 cm³/mol. The Kier molecular flexibility index (Phi) is 4.49. The highest BCUT2D eigenvalue weighted by atomic mass is 16.3. The summed E-state index contributed by atoms with van der Waals surface area (Å²) >= 11 is 0.